The average molecular weight is 390 g/mol. The first-order valence-electron chi connectivity index (χ1n) is 8.74. The van der Waals surface area contributed by atoms with E-state index in [1.54, 1.807) is 51.0 Å². The molecule has 0 saturated carbocycles. The molecule has 144 valence electrons. The topological polar surface area (TPSA) is 79.9 Å². The van der Waals surface area contributed by atoms with E-state index < -0.39 is 0 Å². The molecule has 0 unspecified atom stereocenters. The number of aromatic nitrogens is 6. The van der Waals surface area contributed by atoms with Crippen molar-refractivity contribution in [3.05, 3.63) is 61.1 Å². The van der Waals surface area contributed by atoms with Gasteiger partial charge < -0.3 is 9.47 Å². The maximum atomic E-state index is 14.3. The molecule has 0 aliphatic heterocycles. The van der Waals surface area contributed by atoms with Crippen LogP contribution in [-0.2, 0) is 0 Å². The van der Waals surface area contributed by atoms with E-state index in [1.165, 1.54) is 17.1 Å². The van der Waals surface area contributed by atoms with Gasteiger partial charge in [-0.2, -0.15) is 5.10 Å². The van der Waals surface area contributed by atoms with Gasteiger partial charge in [0.2, 0.25) is 0 Å². The maximum absolute atomic E-state index is 14.3. The SMILES string of the molecule is COc1cc2ncn(-c3ncnc4c3cnn4-c3ccccc3F)c2cc1OC. The Morgan fingerprint density at radius 2 is 1.76 bits per heavy atom. The molecule has 0 fully saturated rings. The van der Waals surface area contributed by atoms with Crippen molar-refractivity contribution in [2.75, 3.05) is 14.2 Å². The number of hydrogen-bond donors (Lipinski definition) is 0. The van der Waals surface area contributed by atoms with Crippen LogP contribution >= 0.6 is 0 Å². The van der Waals surface area contributed by atoms with Crippen molar-refractivity contribution in [2.45, 2.75) is 0 Å². The van der Waals surface area contributed by atoms with Crippen molar-refractivity contribution < 1.29 is 13.9 Å². The van der Waals surface area contributed by atoms with Gasteiger partial charge in [0, 0.05) is 12.1 Å². The van der Waals surface area contributed by atoms with Crippen LogP contribution in [0.3, 0.4) is 0 Å². The van der Waals surface area contributed by atoms with E-state index in [0.717, 1.165) is 11.0 Å². The molecule has 5 rings (SSSR count). The third kappa shape index (κ3) is 2.59. The van der Waals surface area contributed by atoms with Crippen LogP contribution in [0.5, 0.6) is 11.5 Å². The Labute approximate surface area is 164 Å². The number of methoxy groups -OCH3 is 2. The number of ether oxygens (including phenoxy) is 2. The minimum absolute atomic E-state index is 0.314. The third-order valence-corrected chi connectivity index (χ3v) is 4.71. The number of para-hydroxylation sites is 1. The zero-order valence-electron chi connectivity index (χ0n) is 15.6. The van der Waals surface area contributed by atoms with Gasteiger partial charge in [0.1, 0.15) is 24.2 Å². The van der Waals surface area contributed by atoms with Crippen LogP contribution in [0.1, 0.15) is 0 Å². The predicted molar refractivity (Wildman–Crippen MR) is 104 cm³/mol. The number of hydrogen-bond acceptors (Lipinski definition) is 6. The molecule has 0 aliphatic rings. The van der Waals surface area contributed by atoms with Crippen LogP contribution in [-0.4, -0.2) is 43.5 Å². The molecule has 8 nitrogen and oxygen atoms in total. The van der Waals surface area contributed by atoms with Crippen LogP contribution in [0.25, 0.3) is 33.6 Å². The molecule has 0 spiro atoms. The molecule has 0 bridgehead atoms. The standard InChI is InChI=1S/C20H15FN6O2/c1-28-17-7-14-16(8-18(17)29-2)26(11-24-14)19-12-9-25-27(20(12)23-10-22-19)15-6-4-3-5-13(15)21/h3-11H,1-2H3. The van der Waals surface area contributed by atoms with E-state index >= 15 is 0 Å². The first kappa shape index (κ1) is 17.1. The summed E-state index contributed by atoms with van der Waals surface area (Å²) in [4.78, 5) is 13.2. The van der Waals surface area contributed by atoms with Gasteiger partial charge in [-0.25, -0.2) is 24.0 Å². The van der Waals surface area contributed by atoms with E-state index in [4.69, 9.17) is 9.47 Å². The lowest BCUT2D eigenvalue weighted by molar-refractivity contribution is 0.355. The van der Waals surface area contributed by atoms with Gasteiger partial charge in [-0.15, -0.1) is 0 Å². The predicted octanol–water partition coefficient (Wildman–Crippen LogP) is 3.31. The summed E-state index contributed by atoms with van der Waals surface area (Å²) in [6.45, 7) is 0. The Morgan fingerprint density at radius 1 is 0.966 bits per heavy atom. The van der Waals surface area contributed by atoms with Crippen molar-refractivity contribution in [1.29, 1.82) is 0 Å². The maximum Gasteiger partial charge on any atom is 0.168 e. The molecule has 3 aromatic heterocycles. The summed E-state index contributed by atoms with van der Waals surface area (Å²) >= 11 is 0. The second-order valence-corrected chi connectivity index (χ2v) is 6.25. The van der Waals surface area contributed by atoms with Crippen LogP contribution < -0.4 is 9.47 Å². The van der Waals surface area contributed by atoms with Crippen LogP contribution in [0.4, 0.5) is 4.39 Å². The number of imidazole rings is 1. The molecule has 5 aromatic rings. The highest BCUT2D eigenvalue weighted by Crippen LogP contribution is 2.33. The molecule has 9 heteroatoms. The molecule has 0 atom stereocenters. The zero-order chi connectivity index (χ0) is 20.0. The number of rotatable bonds is 4. The Kier molecular flexibility index (Phi) is 3.87. The molecule has 2 aromatic carbocycles. The first-order chi connectivity index (χ1) is 14.2. The minimum Gasteiger partial charge on any atom is -0.493 e. The van der Waals surface area contributed by atoms with Crippen molar-refractivity contribution in [3.63, 3.8) is 0 Å². The van der Waals surface area contributed by atoms with Crippen LogP contribution in [0.2, 0.25) is 0 Å². The number of halogens is 1. The first-order valence-corrected chi connectivity index (χ1v) is 8.74. The van der Waals surface area contributed by atoms with E-state index in [2.05, 4.69) is 20.1 Å². The largest absolute Gasteiger partial charge is 0.493 e. The van der Waals surface area contributed by atoms with E-state index in [-0.39, 0.29) is 5.82 Å². The monoisotopic (exact) mass is 390 g/mol. The zero-order valence-corrected chi connectivity index (χ0v) is 15.6. The lowest BCUT2D eigenvalue weighted by atomic mass is 10.2. The van der Waals surface area contributed by atoms with Crippen molar-refractivity contribution in [2.24, 2.45) is 0 Å². The highest BCUT2D eigenvalue weighted by atomic mass is 19.1. The second kappa shape index (κ2) is 6.55. The van der Waals surface area contributed by atoms with Gasteiger partial charge in [-0.05, 0) is 12.1 Å². The molecule has 3 heterocycles. The summed E-state index contributed by atoms with van der Waals surface area (Å²) in [6.07, 6.45) is 4.69. The van der Waals surface area contributed by atoms with E-state index in [1.807, 2.05) is 10.6 Å². The molecule has 29 heavy (non-hydrogen) atoms. The fraction of sp³-hybridized carbons (Fsp3) is 0.100. The summed E-state index contributed by atoms with van der Waals surface area (Å²) < 4.78 is 28.3. The fourth-order valence-electron chi connectivity index (χ4n) is 3.33. The normalized spacial score (nSPS) is 11.3. The quantitative estimate of drug-likeness (QED) is 0.468. The number of nitrogens with zero attached hydrogens (tertiary/aromatic N) is 6. The van der Waals surface area contributed by atoms with Gasteiger partial charge in [-0.1, -0.05) is 12.1 Å². The highest BCUT2D eigenvalue weighted by molar-refractivity contribution is 5.88. The van der Waals surface area contributed by atoms with Gasteiger partial charge in [0.15, 0.2) is 23.0 Å². The number of fused-ring (bicyclic) bond motifs is 2. The Morgan fingerprint density at radius 3 is 2.55 bits per heavy atom. The Hall–Kier alpha value is -4.01. The molecular weight excluding hydrogens is 375 g/mol. The summed E-state index contributed by atoms with van der Waals surface area (Å²) in [5.74, 6) is 1.36. The molecule has 0 amide bonds. The van der Waals surface area contributed by atoms with Gasteiger partial charge in [-0.3, -0.25) is 4.57 Å². The van der Waals surface area contributed by atoms with Crippen molar-refractivity contribution in [1.82, 2.24) is 29.3 Å². The van der Waals surface area contributed by atoms with Gasteiger partial charge in [0.05, 0.1) is 36.8 Å². The lowest BCUT2D eigenvalue weighted by Crippen LogP contribution is -2.02. The number of benzene rings is 2. The van der Waals surface area contributed by atoms with E-state index in [9.17, 15) is 4.39 Å². The lowest BCUT2D eigenvalue weighted by Gasteiger charge is -2.09. The van der Waals surface area contributed by atoms with Crippen molar-refractivity contribution in [3.8, 4) is 23.0 Å². The van der Waals surface area contributed by atoms with Gasteiger partial charge >= 0.3 is 0 Å². The van der Waals surface area contributed by atoms with Crippen LogP contribution in [0.15, 0.2) is 55.2 Å². The highest BCUT2D eigenvalue weighted by Gasteiger charge is 2.17. The summed E-state index contributed by atoms with van der Waals surface area (Å²) in [6, 6.07) is 10.0. The molecule has 0 radical (unpaired) electrons. The minimum atomic E-state index is -0.387. The summed E-state index contributed by atoms with van der Waals surface area (Å²) in [7, 11) is 3.15. The average Bonchev–Trinajstić information content (AvgIpc) is 3.36. The Bertz CT molecular complexity index is 1360. The molecule has 0 N–H and O–H groups in total. The summed E-state index contributed by atoms with van der Waals surface area (Å²) in [5, 5.41) is 4.99. The smallest absolute Gasteiger partial charge is 0.168 e. The second-order valence-electron chi connectivity index (χ2n) is 6.25. The Balaban J connectivity index is 1.74. The summed E-state index contributed by atoms with van der Waals surface area (Å²) in [5.41, 5.74) is 2.30. The molecule has 0 saturated heterocycles. The van der Waals surface area contributed by atoms with E-state index in [0.29, 0.717) is 34.0 Å². The third-order valence-electron chi connectivity index (χ3n) is 4.71. The molecule has 0 aliphatic carbocycles. The molecular formula is C20H15FN6O2. The van der Waals surface area contributed by atoms with Gasteiger partial charge in [0.25, 0.3) is 0 Å². The van der Waals surface area contributed by atoms with Crippen molar-refractivity contribution >= 4 is 22.1 Å². The van der Waals surface area contributed by atoms with Crippen LogP contribution in [0, 0.1) is 5.82 Å². The fourth-order valence-corrected chi connectivity index (χ4v) is 3.33.